The number of carboxylic acids is 1. The number of carbonyl (C=O) groups excluding carboxylic acids is 1. The largest absolute Gasteiger partial charge is 0.481 e. The van der Waals surface area contributed by atoms with Crippen molar-refractivity contribution in [3.8, 4) is 28.1 Å². The number of pyridine rings is 1. The summed E-state index contributed by atoms with van der Waals surface area (Å²) in [5.41, 5.74) is -0.272. The fourth-order valence-electron chi connectivity index (χ4n) is 6.85. The average molecular weight is 740 g/mol. The van der Waals surface area contributed by atoms with Crippen LogP contribution >= 0.6 is 0 Å². The number of alkyl halides is 9. The first-order valence-electron chi connectivity index (χ1n) is 15.5. The Hall–Kier alpha value is -5.28. The number of benzene rings is 2. The highest BCUT2D eigenvalue weighted by atomic mass is 19.4. The molecule has 2 saturated heterocycles. The monoisotopic (exact) mass is 739 g/mol. The molecule has 2 aliphatic rings. The van der Waals surface area contributed by atoms with Crippen LogP contribution in [-0.4, -0.2) is 58.5 Å². The summed E-state index contributed by atoms with van der Waals surface area (Å²) in [6, 6.07) is 3.51. The van der Waals surface area contributed by atoms with Crippen LogP contribution in [0.4, 0.5) is 44.3 Å². The van der Waals surface area contributed by atoms with Crippen molar-refractivity contribution >= 4 is 12.0 Å². The molecule has 5 rings (SSSR count). The molecule has 0 radical (unpaired) electrons. The summed E-state index contributed by atoms with van der Waals surface area (Å²) in [5.74, 6) is -1.12. The molecule has 0 spiro atoms. The van der Waals surface area contributed by atoms with Crippen molar-refractivity contribution in [3.63, 3.8) is 0 Å². The van der Waals surface area contributed by atoms with Gasteiger partial charge in [0.15, 0.2) is 0 Å². The molecule has 2 N–H and O–H groups in total. The average Bonchev–Trinajstić information content (AvgIpc) is 3.62. The number of carbonyl (C=O) groups is 2. The quantitative estimate of drug-likeness (QED) is 0.178. The van der Waals surface area contributed by atoms with Crippen molar-refractivity contribution in [2.24, 2.45) is 0 Å². The zero-order chi connectivity index (χ0) is 38.5. The van der Waals surface area contributed by atoms with Crippen molar-refractivity contribution in [3.05, 3.63) is 106 Å². The number of hydrogen-bond acceptors (Lipinski definition) is 4. The van der Waals surface area contributed by atoms with Gasteiger partial charge in [0.25, 0.3) is 0 Å². The molecular formula is C36H30F9N3O4. The van der Waals surface area contributed by atoms with E-state index in [0.29, 0.717) is 28.3 Å². The standard InChI is InChI=1S/C36H30F9N3O4/c1-17-11-20(32(49)50)12-18(2)29(17)21-14-26(31(52-4)46-16-21)24-6-5-22(35(40,41)42)15-25(24)27-7-8-28-30(47-33(51)48(27)28)19(3)13-23(36(43,44)45)9-10-34(37,38)39/h5-6,9-16,27-28,30H,3,7-8H2,1-2,4H3,(H,47,51)(H,49,50). The second-order valence-electron chi connectivity index (χ2n) is 12.4. The highest BCUT2D eigenvalue weighted by Crippen LogP contribution is 2.48. The highest BCUT2D eigenvalue weighted by Gasteiger charge is 2.49. The number of carboxylic acid groups (broad SMARTS) is 1. The SMILES string of the molecule is C=C(C=C(C=CC(F)(F)F)C(F)(F)F)C1NC(=O)N2C(c3cc(C(F)(F)F)ccc3-c3cc(-c4c(C)cc(C(=O)O)cc4C)cnc3OC)CCC12. The Balaban J connectivity index is 1.60. The minimum atomic E-state index is -5.20. The highest BCUT2D eigenvalue weighted by molar-refractivity contribution is 5.90. The second-order valence-corrected chi connectivity index (χ2v) is 12.4. The minimum absolute atomic E-state index is 0.0191. The van der Waals surface area contributed by atoms with E-state index < -0.39 is 65.9 Å². The predicted octanol–water partition coefficient (Wildman–Crippen LogP) is 9.52. The number of aromatic nitrogens is 1. The molecule has 16 heteroatoms. The summed E-state index contributed by atoms with van der Waals surface area (Å²) in [5, 5.41) is 12.0. The number of nitrogens with one attached hydrogen (secondary N) is 1. The Morgan fingerprint density at radius 2 is 1.65 bits per heavy atom. The van der Waals surface area contributed by atoms with Crippen LogP contribution in [-0.2, 0) is 6.18 Å². The van der Waals surface area contributed by atoms with Crippen LogP contribution in [0, 0.1) is 13.8 Å². The molecule has 2 fully saturated rings. The third-order valence-corrected chi connectivity index (χ3v) is 8.99. The molecular weight excluding hydrogens is 709 g/mol. The van der Waals surface area contributed by atoms with Gasteiger partial charge in [-0.25, -0.2) is 14.6 Å². The topological polar surface area (TPSA) is 91.8 Å². The van der Waals surface area contributed by atoms with Crippen molar-refractivity contribution in [2.75, 3.05) is 7.11 Å². The number of halogens is 9. The fraction of sp³-hybridized carbons (Fsp3) is 0.306. The molecule has 0 saturated carbocycles. The first-order chi connectivity index (χ1) is 24.1. The lowest BCUT2D eigenvalue weighted by Gasteiger charge is -2.27. The molecule has 0 bridgehead atoms. The number of urea groups is 1. The smallest absolute Gasteiger partial charge is 0.416 e. The van der Waals surface area contributed by atoms with E-state index in [1.807, 2.05) is 0 Å². The van der Waals surface area contributed by atoms with E-state index in [0.717, 1.165) is 12.1 Å². The Morgan fingerprint density at radius 1 is 1.00 bits per heavy atom. The molecule has 3 unspecified atom stereocenters. The van der Waals surface area contributed by atoms with Crippen LogP contribution in [0.3, 0.4) is 0 Å². The molecule has 52 heavy (non-hydrogen) atoms. The van der Waals surface area contributed by atoms with Crippen molar-refractivity contribution < 1.29 is 58.9 Å². The summed E-state index contributed by atoms with van der Waals surface area (Å²) in [4.78, 5) is 30.6. The summed E-state index contributed by atoms with van der Waals surface area (Å²) in [6.07, 6.45) is -13.7. The summed E-state index contributed by atoms with van der Waals surface area (Å²) in [7, 11) is 1.30. The lowest BCUT2D eigenvalue weighted by Crippen LogP contribution is -2.33. The normalized spacial score (nSPS) is 19.6. The van der Waals surface area contributed by atoms with E-state index in [1.165, 1.54) is 36.4 Å². The number of hydrogen-bond donors (Lipinski definition) is 2. The Labute approximate surface area is 291 Å². The molecule has 3 atom stereocenters. The first kappa shape index (κ1) is 38.0. The van der Waals surface area contributed by atoms with Crippen LogP contribution in [0.15, 0.2) is 78.5 Å². The number of ether oxygens (including phenoxy) is 1. The lowest BCUT2D eigenvalue weighted by molar-refractivity contribution is -0.137. The van der Waals surface area contributed by atoms with Gasteiger partial charge in [0, 0.05) is 23.4 Å². The summed E-state index contributed by atoms with van der Waals surface area (Å²) >= 11 is 0. The summed E-state index contributed by atoms with van der Waals surface area (Å²) in [6.45, 7) is 6.97. The second kappa shape index (κ2) is 13.7. The van der Waals surface area contributed by atoms with Gasteiger partial charge in [0.1, 0.15) is 0 Å². The van der Waals surface area contributed by atoms with Gasteiger partial charge in [-0.3, -0.25) is 0 Å². The van der Waals surface area contributed by atoms with Gasteiger partial charge in [-0.15, -0.1) is 0 Å². The maximum Gasteiger partial charge on any atom is 0.416 e. The molecule has 1 aromatic heterocycles. The van der Waals surface area contributed by atoms with E-state index in [4.69, 9.17) is 4.74 Å². The molecule has 2 aliphatic heterocycles. The fourth-order valence-corrected chi connectivity index (χ4v) is 6.85. The van der Waals surface area contributed by atoms with Gasteiger partial charge < -0.3 is 20.1 Å². The van der Waals surface area contributed by atoms with Crippen LogP contribution in [0.5, 0.6) is 5.88 Å². The van der Waals surface area contributed by atoms with Crippen LogP contribution < -0.4 is 10.1 Å². The van der Waals surface area contributed by atoms with Gasteiger partial charge in [0.05, 0.1) is 41.9 Å². The molecule has 276 valence electrons. The van der Waals surface area contributed by atoms with E-state index in [1.54, 1.807) is 19.9 Å². The van der Waals surface area contributed by atoms with Crippen molar-refractivity contribution in [1.29, 1.82) is 0 Å². The number of allylic oxidation sites excluding steroid dienone is 3. The predicted molar refractivity (Wildman–Crippen MR) is 171 cm³/mol. The minimum Gasteiger partial charge on any atom is -0.481 e. The third kappa shape index (κ3) is 7.65. The molecule has 3 aromatic rings. The Kier molecular flexibility index (Phi) is 10.00. The van der Waals surface area contributed by atoms with Gasteiger partial charge in [-0.2, -0.15) is 39.5 Å². The molecule has 3 heterocycles. The van der Waals surface area contributed by atoms with Crippen molar-refractivity contribution in [1.82, 2.24) is 15.2 Å². The number of fused-ring (bicyclic) bond motifs is 1. The van der Waals surface area contributed by atoms with Gasteiger partial charge in [0.2, 0.25) is 5.88 Å². The van der Waals surface area contributed by atoms with Gasteiger partial charge >= 0.3 is 30.5 Å². The van der Waals surface area contributed by atoms with E-state index in [2.05, 4.69) is 16.9 Å². The number of amides is 2. The van der Waals surface area contributed by atoms with E-state index >= 15 is 0 Å². The molecule has 2 aromatic carbocycles. The third-order valence-electron chi connectivity index (χ3n) is 8.99. The number of methoxy groups -OCH3 is 1. The number of aromatic carboxylic acids is 1. The van der Waals surface area contributed by atoms with Gasteiger partial charge in [-0.1, -0.05) is 12.6 Å². The first-order valence-corrected chi connectivity index (χ1v) is 15.5. The maximum atomic E-state index is 14.1. The zero-order valence-corrected chi connectivity index (χ0v) is 27.6. The maximum absolute atomic E-state index is 14.1. The number of nitrogens with zero attached hydrogens (tertiary/aromatic N) is 2. The van der Waals surface area contributed by atoms with Gasteiger partial charge in [-0.05, 0) is 103 Å². The van der Waals surface area contributed by atoms with Crippen LogP contribution in [0.1, 0.15) is 51.5 Å². The molecule has 2 amide bonds. The number of rotatable bonds is 8. The van der Waals surface area contributed by atoms with E-state index in [-0.39, 0.29) is 52.6 Å². The van der Waals surface area contributed by atoms with E-state index in [9.17, 15) is 54.2 Å². The van der Waals surface area contributed by atoms with Crippen LogP contribution in [0.2, 0.25) is 0 Å². The molecule has 0 aliphatic carbocycles. The summed E-state index contributed by atoms with van der Waals surface area (Å²) < 4.78 is 127. The number of aryl methyl sites for hydroxylation is 2. The lowest BCUT2D eigenvalue weighted by atomic mass is 9.89. The van der Waals surface area contributed by atoms with Crippen molar-refractivity contribution in [2.45, 2.75) is 63.3 Å². The van der Waals surface area contributed by atoms with Crippen LogP contribution in [0.25, 0.3) is 22.3 Å². The Bertz CT molecular complexity index is 1970. The Morgan fingerprint density at radius 3 is 2.21 bits per heavy atom. The zero-order valence-electron chi connectivity index (χ0n) is 27.6. The molecule has 7 nitrogen and oxygen atoms in total.